The number of oxazole rings is 1. The fourth-order valence-electron chi connectivity index (χ4n) is 2.59. The molecular formula is C20H22N2O2. The SMILES string of the molecule is CCOc1ccc(CN(C)Cc2coc(-c3ccccc3)n2)cc1. The zero-order chi connectivity index (χ0) is 16.8. The number of rotatable bonds is 7. The van der Waals surface area contributed by atoms with Crippen molar-refractivity contribution in [3.63, 3.8) is 0 Å². The lowest BCUT2D eigenvalue weighted by Crippen LogP contribution is -2.17. The van der Waals surface area contributed by atoms with E-state index in [-0.39, 0.29) is 0 Å². The highest BCUT2D eigenvalue weighted by atomic mass is 16.5. The zero-order valence-corrected chi connectivity index (χ0v) is 14.1. The maximum Gasteiger partial charge on any atom is 0.226 e. The molecule has 0 fully saturated rings. The van der Waals surface area contributed by atoms with Crippen LogP contribution < -0.4 is 4.74 Å². The van der Waals surface area contributed by atoms with Gasteiger partial charge in [0, 0.05) is 18.7 Å². The average molecular weight is 322 g/mol. The molecule has 0 aliphatic carbocycles. The first-order valence-electron chi connectivity index (χ1n) is 8.14. The standard InChI is InChI=1S/C20H22N2O2/c1-3-23-19-11-9-16(10-12-19)13-22(2)14-18-15-24-20(21-18)17-7-5-4-6-8-17/h4-12,15H,3,13-14H2,1-2H3. The Hall–Kier alpha value is -2.59. The van der Waals surface area contributed by atoms with Crippen molar-refractivity contribution < 1.29 is 9.15 Å². The molecule has 2 aromatic carbocycles. The zero-order valence-electron chi connectivity index (χ0n) is 14.1. The second-order valence-electron chi connectivity index (χ2n) is 5.76. The van der Waals surface area contributed by atoms with Gasteiger partial charge in [-0.3, -0.25) is 4.90 Å². The maximum absolute atomic E-state index is 5.59. The van der Waals surface area contributed by atoms with Gasteiger partial charge in [0.05, 0.1) is 12.3 Å². The summed E-state index contributed by atoms with van der Waals surface area (Å²) in [7, 11) is 2.08. The molecule has 0 saturated carbocycles. The van der Waals surface area contributed by atoms with Gasteiger partial charge < -0.3 is 9.15 Å². The van der Waals surface area contributed by atoms with E-state index in [4.69, 9.17) is 9.15 Å². The van der Waals surface area contributed by atoms with E-state index in [2.05, 4.69) is 29.1 Å². The highest BCUT2D eigenvalue weighted by Crippen LogP contribution is 2.19. The summed E-state index contributed by atoms with van der Waals surface area (Å²) < 4.78 is 11.1. The third kappa shape index (κ3) is 4.24. The molecule has 0 atom stereocenters. The van der Waals surface area contributed by atoms with Crippen LogP contribution in [0.4, 0.5) is 0 Å². The van der Waals surface area contributed by atoms with Crippen molar-refractivity contribution in [3.05, 3.63) is 72.1 Å². The van der Waals surface area contributed by atoms with Crippen LogP contribution in [0.2, 0.25) is 0 Å². The van der Waals surface area contributed by atoms with Gasteiger partial charge in [0.15, 0.2) is 0 Å². The molecular weight excluding hydrogens is 300 g/mol. The monoisotopic (exact) mass is 322 g/mol. The third-order valence-electron chi connectivity index (χ3n) is 3.69. The number of aromatic nitrogens is 1. The third-order valence-corrected chi connectivity index (χ3v) is 3.69. The number of benzene rings is 2. The summed E-state index contributed by atoms with van der Waals surface area (Å²) in [5, 5.41) is 0. The minimum absolute atomic E-state index is 0.667. The molecule has 4 nitrogen and oxygen atoms in total. The van der Waals surface area contributed by atoms with Crippen molar-refractivity contribution in [3.8, 4) is 17.2 Å². The van der Waals surface area contributed by atoms with E-state index >= 15 is 0 Å². The summed E-state index contributed by atoms with van der Waals surface area (Å²) in [5.74, 6) is 1.58. The Morgan fingerprint density at radius 3 is 2.46 bits per heavy atom. The van der Waals surface area contributed by atoms with Crippen molar-refractivity contribution in [1.29, 1.82) is 0 Å². The van der Waals surface area contributed by atoms with Crippen LogP contribution in [0.1, 0.15) is 18.2 Å². The van der Waals surface area contributed by atoms with E-state index in [1.807, 2.05) is 49.4 Å². The van der Waals surface area contributed by atoms with Crippen molar-refractivity contribution >= 4 is 0 Å². The fourth-order valence-corrected chi connectivity index (χ4v) is 2.59. The largest absolute Gasteiger partial charge is 0.494 e. The van der Waals surface area contributed by atoms with Crippen molar-refractivity contribution in [2.75, 3.05) is 13.7 Å². The maximum atomic E-state index is 5.59. The molecule has 1 aromatic heterocycles. The summed E-state index contributed by atoms with van der Waals surface area (Å²) in [4.78, 5) is 6.78. The Morgan fingerprint density at radius 1 is 1.00 bits per heavy atom. The van der Waals surface area contributed by atoms with Gasteiger partial charge in [-0.15, -0.1) is 0 Å². The van der Waals surface area contributed by atoms with Crippen molar-refractivity contribution in [2.45, 2.75) is 20.0 Å². The minimum Gasteiger partial charge on any atom is -0.494 e. The molecule has 0 N–H and O–H groups in total. The molecule has 0 saturated heterocycles. The molecule has 4 heteroatoms. The Balaban J connectivity index is 1.59. The van der Waals surface area contributed by atoms with Gasteiger partial charge in [-0.2, -0.15) is 0 Å². The van der Waals surface area contributed by atoms with Gasteiger partial charge in [0.2, 0.25) is 5.89 Å². The molecule has 0 radical (unpaired) electrons. The lowest BCUT2D eigenvalue weighted by atomic mass is 10.2. The molecule has 0 unspecified atom stereocenters. The van der Waals surface area contributed by atoms with Gasteiger partial charge >= 0.3 is 0 Å². The first-order valence-corrected chi connectivity index (χ1v) is 8.14. The number of hydrogen-bond acceptors (Lipinski definition) is 4. The molecule has 3 aromatic rings. The lowest BCUT2D eigenvalue weighted by molar-refractivity contribution is 0.314. The van der Waals surface area contributed by atoms with Crippen molar-refractivity contribution in [1.82, 2.24) is 9.88 Å². The van der Waals surface area contributed by atoms with E-state index in [1.54, 1.807) is 6.26 Å². The predicted molar refractivity (Wildman–Crippen MR) is 94.7 cm³/mol. The second kappa shape index (κ2) is 7.79. The quantitative estimate of drug-likeness (QED) is 0.647. The second-order valence-corrected chi connectivity index (χ2v) is 5.76. The summed E-state index contributed by atoms with van der Waals surface area (Å²) in [5.41, 5.74) is 3.17. The van der Waals surface area contributed by atoms with Crippen LogP contribution in [-0.4, -0.2) is 23.5 Å². The van der Waals surface area contributed by atoms with Gasteiger partial charge in [-0.25, -0.2) is 4.98 Å². The number of ether oxygens (including phenoxy) is 1. The Labute approximate surface area is 142 Å². The van der Waals surface area contributed by atoms with Gasteiger partial charge in [0.25, 0.3) is 0 Å². The lowest BCUT2D eigenvalue weighted by Gasteiger charge is -2.15. The summed E-state index contributed by atoms with van der Waals surface area (Å²) >= 11 is 0. The summed E-state index contributed by atoms with van der Waals surface area (Å²) in [6.45, 7) is 4.27. The summed E-state index contributed by atoms with van der Waals surface area (Å²) in [6, 6.07) is 18.2. The molecule has 24 heavy (non-hydrogen) atoms. The average Bonchev–Trinajstić information content (AvgIpc) is 3.06. The van der Waals surface area contributed by atoms with Gasteiger partial charge in [-0.05, 0) is 43.8 Å². The Kier molecular flexibility index (Phi) is 5.29. The van der Waals surface area contributed by atoms with Crippen LogP contribution >= 0.6 is 0 Å². The number of nitrogens with zero attached hydrogens (tertiary/aromatic N) is 2. The van der Waals surface area contributed by atoms with Gasteiger partial charge in [-0.1, -0.05) is 30.3 Å². The van der Waals surface area contributed by atoms with E-state index in [1.165, 1.54) is 5.56 Å². The topological polar surface area (TPSA) is 38.5 Å². The molecule has 0 aliphatic rings. The van der Waals surface area contributed by atoms with Crippen LogP contribution in [0.25, 0.3) is 11.5 Å². The number of hydrogen-bond donors (Lipinski definition) is 0. The van der Waals surface area contributed by atoms with Crippen LogP contribution in [0.15, 0.2) is 65.3 Å². The first kappa shape index (κ1) is 16.3. The van der Waals surface area contributed by atoms with Crippen LogP contribution in [0.5, 0.6) is 5.75 Å². The molecule has 0 amide bonds. The van der Waals surface area contributed by atoms with Crippen LogP contribution in [0.3, 0.4) is 0 Å². The van der Waals surface area contributed by atoms with Crippen LogP contribution in [0, 0.1) is 0 Å². The molecule has 3 rings (SSSR count). The molecule has 1 heterocycles. The first-order chi connectivity index (χ1) is 11.7. The predicted octanol–water partition coefficient (Wildman–Crippen LogP) is 4.37. The minimum atomic E-state index is 0.667. The fraction of sp³-hybridized carbons (Fsp3) is 0.250. The van der Waals surface area contributed by atoms with Crippen LogP contribution in [-0.2, 0) is 13.1 Å². The van der Waals surface area contributed by atoms with E-state index in [0.717, 1.165) is 30.1 Å². The highest BCUT2D eigenvalue weighted by molar-refractivity contribution is 5.52. The Bertz CT molecular complexity index is 751. The highest BCUT2D eigenvalue weighted by Gasteiger charge is 2.09. The molecule has 0 bridgehead atoms. The molecule has 0 spiro atoms. The van der Waals surface area contributed by atoms with Gasteiger partial charge in [0.1, 0.15) is 12.0 Å². The van der Waals surface area contributed by atoms with E-state index < -0.39 is 0 Å². The molecule has 0 aliphatic heterocycles. The van der Waals surface area contributed by atoms with E-state index in [0.29, 0.717) is 12.5 Å². The summed E-state index contributed by atoms with van der Waals surface area (Å²) in [6.07, 6.45) is 1.73. The van der Waals surface area contributed by atoms with E-state index in [9.17, 15) is 0 Å². The Morgan fingerprint density at radius 2 is 1.75 bits per heavy atom. The smallest absolute Gasteiger partial charge is 0.226 e. The molecule has 124 valence electrons. The van der Waals surface area contributed by atoms with Crippen molar-refractivity contribution in [2.24, 2.45) is 0 Å². The normalized spacial score (nSPS) is 11.0.